The monoisotopic (exact) mass is 334 g/mol. The zero-order valence-electron chi connectivity index (χ0n) is 13.2. The lowest BCUT2D eigenvalue weighted by Gasteiger charge is -2.16. The van der Waals surface area contributed by atoms with Crippen molar-refractivity contribution in [3.8, 4) is 0 Å². The number of carbonyl (C=O) groups excluding carboxylic acids is 2. The second-order valence-corrected chi connectivity index (χ2v) is 7.41. The third kappa shape index (κ3) is 4.16. The van der Waals surface area contributed by atoms with Crippen LogP contribution in [0.2, 0.25) is 0 Å². The number of urea groups is 1. The summed E-state index contributed by atoms with van der Waals surface area (Å²) in [6.45, 7) is 1.97. The molecule has 1 aromatic rings. The van der Waals surface area contributed by atoms with Crippen LogP contribution >= 0.6 is 11.8 Å². The Hall–Kier alpha value is -1.76. The maximum absolute atomic E-state index is 11.9. The van der Waals surface area contributed by atoms with Crippen molar-refractivity contribution in [2.45, 2.75) is 49.9 Å². The van der Waals surface area contributed by atoms with Crippen LogP contribution in [-0.2, 0) is 4.79 Å². The molecule has 0 saturated carbocycles. The van der Waals surface area contributed by atoms with Gasteiger partial charge in [0.05, 0.1) is 12.1 Å². The van der Waals surface area contributed by atoms with Gasteiger partial charge in [-0.25, -0.2) is 9.78 Å². The first-order valence-electron chi connectivity index (χ1n) is 8.03. The highest BCUT2D eigenvalue weighted by Crippen LogP contribution is 2.33. The molecule has 124 valence electrons. The highest BCUT2D eigenvalue weighted by atomic mass is 32.2. The van der Waals surface area contributed by atoms with Gasteiger partial charge in [0.2, 0.25) is 5.91 Å². The Kier molecular flexibility index (Phi) is 5.05. The summed E-state index contributed by atoms with van der Waals surface area (Å²) in [6.07, 6.45) is 5.08. The van der Waals surface area contributed by atoms with Crippen LogP contribution in [-0.4, -0.2) is 40.0 Å². The molecule has 0 aromatic carbocycles. The first kappa shape index (κ1) is 16.1. The van der Waals surface area contributed by atoms with Crippen molar-refractivity contribution in [2.24, 2.45) is 0 Å². The molecule has 23 heavy (non-hydrogen) atoms. The van der Waals surface area contributed by atoms with E-state index in [1.54, 1.807) is 6.20 Å². The maximum atomic E-state index is 11.9. The Morgan fingerprint density at radius 3 is 3.13 bits per heavy atom. The number of thioether (sulfide) groups is 1. The molecule has 1 aromatic heterocycles. The number of aryl methyl sites for hydroxylation is 1. The smallest absolute Gasteiger partial charge is 0.315 e. The molecule has 7 heteroatoms. The molecule has 0 spiro atoms. The summed E-state index contributed by atoms with van der Waals surface area (Å²) in [7, 11) is 0. The molecule has 0 aliphatic carbocycles. The van der Waals surface area contributed by atoms with E-state index in [0.717, 1.165) is 30.6 Å². The van der Waals surface area contributed by atoms with E-state index in [1.807, 2.05) is 30.8 Å². The van der Waals surface area contributed by atoms with E-state index in [-0.39, 0.29) is 24.0 Å². The number of fused-ring (bicyclic) bond motifs is 1. The third-order valence-electron chi connectivity index (χ3n) is 4.26. The van der Waals surface area contributed by atoms with Crippen molar-refractivity contribution >= 4 is 29.5 Å². The Balaban J connectivity index is 1.35. The SMILES string of the molecule is Cc1ccnc(NC(=O)CCCC[C@@H]2SC[C@@H]3NC(=O)N[C@H]32)c1. The summed E-state index contributed by atoms with van der Waals surface area (Å²) >= 11 is 1.91. The molecule has 2 fully saturated rings. The fraction of sp³-hybridized carbons (Fsp3) is 0.562. The van der Waals surface area contributed by atoms with E-state index in [4.69, 9.17) is 0 Å². The normalized spacial score (nSPS) is 25.6. The molecule has 2 aliphatic rings. The van der Waals surface area contributed by atoms with Crippen LogP contribution in [0.3, 0.4) is 0 Å². The van der Waals surface area contributed by atoms with Gasteiger partial charge in [0.1, 0.15) is 5.82 Å². The quantitative estimate of drug-likeness (QED) is 0.549. The minimum atomic E-state index is -0.0460. The van der Waals surface area contributed by atoms with Crippen LogP contribution in [0.25, 0.3) is 0 Å². The topological polar surface area (TPSA) is 83.1 Å². The zero-order valence-corrected chi connectivity index (χ0v) is 14.0. The first-order chi connectivity index (χ1) is 11.1. The predicted octanol–water partition coefficient (Wildman–Crippen LogP) is 2.05. The molecule has 2 saturated heterocycles. The summed E-state index contributed by atoms with van der Waals surface area (Å²) in [6, 6.07) is 4.24. The Morgan fingerprint density at radius 2 is 2.30 bits per heavy atom. The number of pyridine rings is 1. The molecule has 0 bridgehead atoms. The van der Waals surface area contributed by atoms with Crippen LogP contribution in [0.1, 0.15) is 31.2 Å². The molecule has 3 N–H and O–H groups in total. The second kappa shape index (κ2) is 7.21. The molecule has 3 amide bonds. The number of nitrogens with zero attached hydrogens (tertiary/aromatic N) is 1. The molecule has 0 unspecified atom stereocenters. The minimum Gasteiger partial charge on any atom is -0.332 e. The Bertz CT molecular complexity index is 595. The van der Waals surface area contributed by atoms with Gasteiger partial charge in [0.15, 0.2) is 0 Å². The fourth-order valence-electron chi connectivity index (χ4n) is 3.08. The Morgan fingerprint density at radius 1 is 1.43 bits per heavy atom. The molecule has 0 radical (unpaired) electrons. The van der Waals surface area contributed by atoms with Crippen LogP contribution in [0.5, 0.6) is 0 Å². The number of amides is 3. The van der Waals surface area contributed by atoms with Gasteiger partial charge in [-0.15, -0.1) is 0 Å². The number of hydrogen-bond donors (Lipinski definition) is 3. The summed E-state index contributed by atoms with van der Waals surface area (Å²) in [4.78, 5) is 27.4. The summed E-state index contributed by atoms with van der Waals surface area (Å²) in [5, 5.41) is 9.23. The third-order valence-corrected chi connectivity index (χ3v) is 5.77. The van der Waals surface area contributed by atoms with Gasteiger partial charge in [0, 0.05) is 23.6 Å². The van der Waals surface area contributed by atoms with Gasteiger partial charge >= 0.3 is 6.03 Å². The van der Waals surface area contributed by atoms with Crippen molar-refractivity contribution in [3.05, 3.63) is 23.9 Å². The van der Waals surface area contributed by atoms with Crippen LogP contribution in [0.15, 0.2) is 18.3 Å². The van der Waals surface area contributed by atoms with Gasteiger partial charge < -0.3 is 16.0 Å². The van der Waals surface area contributed by atoms with Crippen molar-refractivity contribution in [3.63, 3.8) is 0 Å². The van der Waals surface area contributed by atoms with E-state index in [1.165, 1.54) is 0 Å². The maximum Gasteiger partial charge on any atom is 0.315 e. The van der Waals surface area contributed by atoms with Crippen molar-refractivity contribution in [2.75, 3.05) is 11.1 Å². The van der Waals surface area contributed by atoms with E-state index in [0.29, 0.717) is 17.5 Å². The fourth-order valence-corrected chi connectivity index (χ4v) is 4.63. The van der Waals surface area contributed by atoms with Gasteiger partial charge in [-0.2, -0.15) is 11.8 Å². The van der Waals surface area contributed by atoms with E-state index in [9.17, 15) is 9.59 Å². The Labute approximate surface area is 140 Å². The molecular weight excluding hydrogens is 312 g/mol. The number of unbranched alkanes of at least 4 members (excludes halogenated alkanes) is 1. The first-order valence-corrected chi connectivity index (χ1v) is 9.08. The lowest BCUT2D eigenvalue weighted by Crippen LogP contribution is -2.36. The molecule has 3 atom stereocenters. The van der Waals surface area contributed by atoms with Crippen LogP contribution < -0.4 is 16.0 Å². The highest BCUT2D eigenvalue weighted by Gasteiger charge is 2.42. The van der Waals surface area contributed by atoms with Gasteiger partial charge in [-0.05, 0) is 37.5 Å². The minimum absolute atomic E-state index is 0.0101. The van der Waals surface area contributed by atoms with Crippen LogP contribution in [0, 0.1) is 6.92 Å². The van der Waals surface area contributed by atoms with Gasteiger partial charge in [-0.3, -0.25) is 4.79 Å². The van der Waals surface area contributed by atoms with Gasteiger partial charge in [0.25, 0.3) is 0 Å². The summed E-state index contributed by atoms with van der Waals surface area (Å²) in [5.41, 5.74) is 1.08. The van der Waals surface area contributed by atoms with Crippen molar-refractivity contribution < 1.29 is 9.59 Å². The summed E-state index contributed by atoms with van der Waals surface area (Å²) in [5.74, 6) is 1.60. The van der Waals surface area contributed by atoms with Crippen molar-refractivity contribution in [1.29, 1.82) is 0 Å². The average Bonchev–Trinajstić information content (AvgIpc) is 3.03. The number of rotatable bonds is 6. The predicted molar refractivity (Wildman–Crippen MR) is 91.6 cm³/mol. The summed E-state index contributed by atoms with van der Waals surface area (Å²) < 4.78 is 0. The average molecular weight is 334 g/mol. The van der Waals surface area contributed by atoms with Gasteiger partial charge in [-0.1, -0.05) is 6.42 Å². The molecular formula is C16H22N4O2S. The zero-order chi connectivity index (χ0) is 16.2. The lowest BCUT2D eigenvalue weighted by molar-refractivity contribution is -0.116. The number of hydrogen-bond acceptors (Lipinski definition) is 4. The van der Waals surface area contributed by atoms with Crippen LogP contribution in [0.4, 0.5) is 10.6 Å². The number of carbonyl (C=O) groups is 2. The number of anilines is 1. The van der Waals surface area contributed by atoms with E-state index >= 15 is 0 Å². The molecule has 6 nitrogen and oxygen atoms in total. The highest BCUT2D eigenvalue weighted by molar-refractivity contribution is 8.00. The van der Waals surface area contributed by atoms with Crippen molar-refractivity contribution in [1.82, 2.24) is 15.6 Å². The molecule has 2 aliphatic heterocycles. The lowest BCUT2D eigenvalue weighted by atomic mass is 10.0. The van der Waals surface area contributed by atoms with E-state index < -0.39 is 0 Å². The molecule has 3 rings (SSSR count). The van der Waals surface area contributed by atoms with E-state index in [2.05, 4.69) is 20.9 Å². The standard InChI is InChI=1S/C16H22N4O2S/c1-10-6-7-17-13(8-10)19-14(21)5-3-2-4-12-15-11(9-23-12)18-16(22)20-15/h6-8,11-12,15H,2-5,9H2,1H3,(H,17,19,21)(H2,18,20,22)/t11-,12-,15+/m0/s1. The number of nitrogens with one attached hydrogen (secondary N) is 3. The molecule has 3 heterocycles. The second-order valence-electron chi connectivity index (χ2n) is 6.13. The number of aromatic nitrogens is 1. The largest absolute Gasteiger partial charge is 0.332 e.